The van der Waals surface area contributed by atoms with Crippen LogP contribution in [0.25, 0.3) is 0 Å². The summed E-state index contributed by atoms with van der Waals surface area (Å²) in [5.74, 6) is 1.45. The summed E-state index contributed by atoms with van der Waals surface area (Å²) in [6, 6.07) is 10.4. The van der Waals surface area contributed by atoms with E-state index in [2.05, 4.69) is 55.8 Å². The van der Waals surface area contributed by atoms with Crippen LogP contribution in [-0.2, 0) is 26.1 Å². The number of hydrogen-bond acceptors (Lipinski definition) is 5. The maximum Gasteiger partial charge on any atom is 0.240 e. The van der Waals surface area contributed by atoms with E-state index < -0.39 is 0 Å². The van der Waals surface area contributed by atoms with E-state index in [9.17, 15) is 0 Å². The Morgan fingerprint density at radius 3 is 2.79 bits per heavy atom. The number of benzene rings is 1. The molecule has 0 saturated heterocycles. The van der Waals surface area contributed by atoms with E-state index in [-0.39, 0.29) is 0 Å². The molecular formula is C18H23N5O. The van der Waals surface area contributed by atoms with Crippen molar-refractivity contribution in [2.24, 2.45) is 0 Å². The van der Waals surface area contributed by atoms with Crippen LogP contribution in [0, 0.1) is 0 Å². The van der Waals surface area contributed by atoms with Crippen molar-refractivity contribution >= 4 is 0 Å². The molecule has 0 fully saturated rings. The van der Waals surface area contributed by atoms with Gasteiger partial charge in [-0.25, -0.2) is 4.98 Å². The SMILES string of the molecule is CCCc1noc(CN(C)Cc2cncn2Cc2ccccc2)n1. The van der Waals surface area contributed by atoms with Crippen molar-refractivity contribution < 1.29 is 4.52 Å². The third kappa shape index (κ3) is 4.29. The van der Waals surface area contributed by atoms with Crippen molar-refractivity contribution in [3.05, 3.63) is 65.8 Å². The average molecular weight is 325 g/mol. The van der Waals surface area contributed by atoms with Crippen LogP contribution in [0.4, 0.5) is 0 Å². The highest BCUT2D eigenvalue weighted by Gasteiger charge is 2.11. The maximum absolute atomic E-state index is 5.31. The van der Waals surface area contributed by atoms with Crippen LogP contribution < -0.4 is 0 Å². The Bertz CT molecular complexity index is 750. The molecule has 2 heterocycles. The second-order valence-electron chi connectivity index (χ2n) is 6.03. The summed E-state index contributed by atoms with van der Waals surface area (Å²) < 4.78 is 7.48. The van der Waals surface area contributed by atoms with E-state index in [1.54, 1.807) is 0 Å². The molecule has 1 aromatic carbocycles. The lowest BCUT2D eigenvalue weighted by Crippen LogP contribution is -2.19. The standard InChI is InChI=1S/C18H23N5O/c1-3-7-17-20-18(24-21-17)13-22(2)12-16-10-19-14-23(16)11-15-8-5-4-6-9-15/h4-6,8-10,14H,3,7,11-13H2,1-2H3. The quantitative estimate of drug-likeness (QED) is 0.637. The first-order valence-electron chi connectivity index (χ1n) is 8.27. The van der Waals surface area contributed by atoms with Gasteiger partial charge in [0.2, 0.25) is 5.89 Å². The van der Waals surface area contributed by atoms with Crippen molar-refractivity contribution in [3.8, 4) is 0 Å². The zero-order valence-corrected chi connectivity index (χ0v) is 14.2. The molecule has 0 aliphatic carbocycles. The predicted octanol–water partition coefficient (Wildman–Crippen LogP) is 2.90. The van der Waals surface area contributed by atoms with E-state index in [0.717, 1.165) is 37.4 Å². The summed E-state index contributed by atoms with van der Waals surface area (Å²) >= 11 is 0. The maximum atomic E-state index is 5.31. The lowest BCUT2D eigenvalue weighted by Gasteiger charge is -2.15. The first-order valence-corrected chi connectivity index (χ1v) is 8.27. The van der Waals surface area contributed by atoms with Gasteiger partial charge < -0.3 is 9.09 Å². The van der Waals surface area contributed by atoms with Crippen LogP contribution in [0.15, 0.2) is 47.4 Å². The third-order valence-corrected chi connectivity index (χ3v) is 3.82. The Morgan fingerprint density at radius 2 is 2.00 bits per heavy atom. The molecule has 6 nitrogen and oxygen atoms in total. The monoisotopic (exact) mass is 325 g/mol. The summed E-state index contributed by atoms with van der Waals surface area (Å²) in [4.78, 5) is 10.9. The Balaban J connectivity index is 1.60. The van der Waals surface area contributed by atoms with E-state index in [4.69, 9.17) is 4.52 Å². The molecule has 0 spiro atoms. The largest absolute Gasteiger partial charge is 0.338 e. The van der Waals surface area contributed by atoms with Gasteiger partial charge in [0, 0.05) is 25.7 Å². The van der Waals surface area contributed by atoms with E-state index in [0.29, 0.717) is 12.4 Å². The van der Waals surface area contributed by atoms with Gasteiger partial charge in [0.25, 0.3) is 0 Å². The molecule has 0 radical (unpaired) electrons. The highest BCUT2D eigenvalue weighted by molar-refractivity contribution is 5.16. The first-order chi connectivity index (χ1) is 11.7. The van der Waals surface area contributed by atoms with Crippen LogP contribution in [0.3, 0.4) is 0 Å². The minimum Gasteiger partial charge on any atom is -0.338 e. The summed E-state index contributed by atoms with van der Waals surface area (Å²) in [6.45, 7) is 4.34. The lowest BCUT2D eigenvalue weighted by molar-refractivity contribution is 0.255. The van der Waals surface area contributed by atoms with Crippen molar-refractivity contribution in [2.45, 2.75) is 39.4 Å². The number of hydrogen-bond donors (Lipinski definition) is 0. The van der Waals surface area contributed by atoms with Crippen LogP contribution in [0.2, 0.25) is 0 Å². The van der Waals surface area contributed by atoms with Gasteiger partial charge in [0.05, 0.1) is 18.6 Å². The second kappa shape index (κ2) is 7.88. The molecule has 0 saturated carbocycles. The fourth-order valence-electron chi connectivity index (χ4n) is 2.65. The number of imidazole rings is 1. The molecule has 3 aromatic rings. The van der Waals surface area contributed by atoms with Gasteiger partial charge in [-0.15, -0.1) is 0 Å². The molecule has 0 N–H and O–H groups in total. The van der Waals surface area contributed by atoms with Gasteiger partial charge in [-0.2, -0.15) is 4.98 Å². The summed E-state index contributed by atoms with van der Waals surface area (Å²) in [6.07, 6.45) is 5.67. The van der Waals surface area contributed by atoms with Gasteiger partial charge in [-0.3, -0.25) is 4.90 Å². The Labute approximate surface area is 142 Å². The number of rotatable bonds is 8. The van der Waals surface area contributed by atoms with Crippen molar-refractivity contribution in [3.63, 3.8) is 0 Å². The topological polar surface area (TPSA) is 60.0 Å². The van der Waals surface area contributed by atoms with Crippen LogP contribution in [0.1, 0.15) is 36.3 Å². The van der Waals surface area contributed by atoms with Crippen molar-refractivity contribution in [1.82, 2.24) is 24.6 Å². The van der Waals surface area contributed by atoms with Crippen LogP contribution in [0.5, 0.6) is 0 Å². The Morgan fingerprint density at radius 1 is 1.17 bits per heavy atom. The van der Waals surface area contributed by atoms with Gasteiger partial charge in [-0.1, -0.05) is 42.4 Å². The highest BCUT2D eigenvalue weighted by Crippen LogP contribution is 2.10. The first kappa shape index (κ1) is 16.4. The third-order valence-electron chi connectivity index (χ3n) is 3.82. The lowest BCUT2D eigenvalue weighted by atomic mass is 10.2. The molecule has 3 rings (SSSR count). The molecule has 0 amide bonds. The Hall–Kier alpha value is -2.47. The molecule has 0 unspecified atom stereocenters. The Kier molecular flexibility index (Phi) is 5.38. The zero-order chi connectivity index (χ0) is 16.8. The molecule has 24 heavy (non-hydrogen) atoms. The molecule has 0 bridgehead atoms. The highest BCUT2D eigenvalue weighted by atomic mass is 16.5. The number of aryl methyl sites for hydroxylation is 1. The van der Waals surface area contributed by atoms with Gasteiger partial charge >= 0.3 is 0 Å². The number of nitrogens with zero attached hydrogens (tertiary/aromatic N) is 5. The molecule has 0 aliphatic rings. The fourth-order valence-corrected chi connectivity index (χ4v) is 2.65. The summed E-state index contributed by atoms with van der Waals surface area (Å²) in [5, 5.41) is 4.00. The van der Waals surface area contributed by atoms with E-state index >= 15 is 0 Å². The normalized spacial score (nSPS) is 11.3. The summed E-state index contributed by atoms with van der Waals surface area (Å²) in [5.41, 5.74) is 2.43. The van der Waals surface area contributed by atoms with Gasteiger partial charge in [0.1, 0.15) is 0 Å². The smallest absolute Gasteiger partial charge is 0.240 e. The number of aromatic nitrogens is 4. The minimum atomic E-state index is 0.632. The summed E-state index contributed by atoms with van der Waals surface area (Å²) in [7, 11) is 2.05. The van der Waals surface area contributed by atoms with Crippen LogP contribution in [-0.4, -0.2) is 31.6 Å². The predicted molar refractivity (Wildman–Crippen MR) is 91.2 cm³/mol. The zero-order valence-electron chi connectivity index (χ0n) is 14.2. The molecular weight excluding hydrogens is 302 g/mol. The molecule has 0 atom stereocenters. The molecule has 126 valence electrons. The van der Waals surface area contributed by atoms with Crippen LogP contribution >= 0.6 is 0 Å². The van der Waals surface area contributed by atoms with Gasteiger partial charge in [-0.05, 0) is 19.0 Å². The van der Waals surface area contributed by atoms with Crippen molar-refractivity contribution in [2.75, 3.05) is 7.05 Å². The van der Waals surface area contributed by atoms with E-state index in [1.165, 1.54) is 5.56 Å². The van der Waals surface area contributed by atoms with Gasteiger partial charge in [0.15, 0.2) is 5.82 Å². The molecule has 0 aliphatic heterocycles. The second-order valence-corrected chi connectivity index (χ2v) is 6.03. The molecule has 6 heteroatoms. The van der Waals surface area contributed by atoms with E-state index in [1.807, 2.05) is 25.6 Å². The minimum absolute atomic E-state index is 0.632. The molecule has 2 aromatic heterocycles. The average Bonchev–Trinajstić information content (AvgIpc) is 3.19. The fraction of sp³-hybridized carbons (Fsp3) is 0.389. The van der Waals surface area contributed by atoms with Crippen molar-refractivity contribution in [1.29, 1.82) is 0 Å².